The number of rotatable bonds is 4. The van der Waals surface area contributed by atoms with Crippen molar-refractivity contribution in [3.05, 3.63) is 46.8 Å². The van der Waals surface area contributed by atoms with Crippen molar-refractivity contribution in [2.45, 2.75) is 31.2 Å². The van der Waals surface area contributed by atoms with Gasteiger partial charge in [0.15, 0.2) is 5.16 Å². The predicted molar refractivity (Wildman–Crippen MR) is 106 cm³/mol. The van der Waals surface area contributed by atoms with Gasteiger partial charge in [0.05, 0.1) is 23.7 Å². The molecule has 0 spiro atoms. The second kappa shape index (κ2) is 7.76. The Bertz CT molecular complexity index is 1040. The van der Waals surface area contributed by atoms with Gasteiger partial charge in [0.25, 0.3) is 5.56 Å². The molecule has 2 atom stereocenters. The first-order valence-corrected chi connectivity index (χ1v) is 10.1. The molecule has 1 fully saturated rings. The van der Waals surface area contributed by atoms with Crippen molar-refractivity contribution in [2.24, 2.45) is 0 Å². The average molecular weight is 399 g/mol. The number of hydrogen-bond acceptors (Lipinski definition) is 6. The Hall–Kier alpha value is -2.65. The number of morpholine rings is 1. The lowest BCUT2D eigenvalue weighted by Gasteiger charge is -2.35. The molecular weight excluding hydrogens is 378 g/mol. The number of aromatic nitrogens is 4. The predicted octanol–water partition coefficient (Wildman–Crippen LogP) is 1.81. The number of carbonyl (C=O) groups is 1. The van der Waals surface area contributed by atoms with Crippen LogP contribution in [0, 0.1) is 0 Å². The van der Waals surface area contributed by atoms with E-state index in [1.807, 2.05) is 49.1 Å². The molecule has 0 aliphatic carbocycles. The fraction of sp³-hybridized carbons (Fsp3) is 0.368. The average Bonchev–Trinajstić information content (AvgIpc) is 3.08. The number of fused-ring (bicyclic) bond motifs is 1. The van der Waals surface area contributed by atoms with E-state index in [-0.39, 0.29) is 29.4 Å². The molecule has 1 aliphatic heterocycles. The third-order valence-electron chi connectivity index (χ3n) is 4.54. The molecule has 0 unspecified atom stereocenters. The summed E-state index contributed by atoms with van der Waals surface area (Å²) in [5, 5.41) is 8.81. The van der Waals surface area contributed by atoms with Gasteiger partial charge in [0, 0.05) is 19.2 Å². The Balaban J connectivity index is 1.60. The minimum atomic E-state index is -0.248. The number of thioether (sulfide) groups is 1. The van der Waals surface area contributed by atoms with Gasteiger partial charge in [0.2, 0.25) is 11.7 Å². The minimum absolute atomic E-state index is 0.0291. The first-order valence-electron chi connectivity index (χ1n) is 9.11. The van der Waals surface area contributed by atoms with E-state index in [4.69, 9.17) is 4.74 Å². The van der Waals surface area contributed by atoms with E-state index in [9.17, 15) is 9.59 Å². The van der Waals surface area contributed by atoms with Gasteiger partial charge < -0.3 is 9.64 Å². The molecule has 146 valence electrons. The summed E-state index contributed by atoms with van der Waals surface area (Å²) in [6.45, 7) is 5.12. The molecule has 0 bridgehead atoms. The van der Waals surface area contributed by atoms with Crippen LogP contribution >= 0.6 is 11.8 Å². The second-order valence-electron chi connectivity index (χ2n) is 6.87. The lowest BCUT2D eigenvalue weighted by Crippen LogP contribution is -2.48. The highest BCUT2D eigenvalue weighted by Crippen LogP contribution is 2.24. The van der Waals surface area contributed by atoms with Crippen molar-refractivity contribution < 1.29 is 9.53 Å². The van der Waals surface area contributed by atoms with E-state index < -0.39 is 0 Å². The van der Waals surface area contributed by atoms with E-state index in [1.54, 1.807) is 4.40 Å². The number of benzene rings is 1. The van der Waals surface area contributed by atoms with Crippen LogP contribution in [-0.2, 0) is 9.53 Å². The molecule has 1 amide bonds. The van der Waals surface area contributed by atoms with Gasteiger partial charge in [0.1, 0.15) is 0 Å². The fourth-order valence-electron chi connectivity index (χ4n) is 3.42. The molecule has 2 aromatic heterocycles. The summed E-state index contributed by atoms with van der Waals surface area (Å²) in [5.74, 6) is 0.637. The lowest BCUT2D eigenvalue weighted by molar-refractivity contribution is -0.140. The van der Waals surface area contributed by atoms with Crippen molar-refractivity contribution in [1.29, 1.82) is 0 Å². The van der Waals surface area contributed by atoms with Crippen LogP contribution in [0.1, 0.15) is 13.8 Å². The van der Waals surface area contributed by atoms with Crippen LogP contribution in [0.5, 0.6) is 0 Å². The molecule has 28 heavy (non-hydrogen) atoms. The molecule has 8 nitrogen and oxygen atoms in total. The first kappa shape index (κ1) is 18.7. The van der Waals surface area contributed by atoms with Gasteiger partial charge >= 0.3 is 0 Å². The Morgan fingerprint density at radius 3 is 2.64 bits per heavy atom. The normalized spacial score (nSPS) is 19.9. The number of ether oxygens (including phenoxy) is 1. The summed E-state index contributed by atoms with van der Waals surface area (Å²) >= 11 is 1.31. The van der Waals surface area contributed by atoms with E-state index in [2.05, 4.69) is 15.2 Å². The van der Waals surface area contributed by atoms with Gasteiger partial charge in [-0.05, 0) is 19.4 Å². The zero-order valence-electron chi connectivity index (χ0n) is 15.7. The van der Waals surface area contributed by atoms with Gasteiger partial charge in [-0.2, -0.15) is 0 Å². The Labute approximate surface area is 165 Å². The summed E-state index contributed by atoms with van der Waals surface area (Å²) in [6, 6.07) is 11.1. The molecule has 1 saturated heterocycles. The Kier molecular flexibility index (Phi) is 5.19. The smallest absolute Gasteiger partial charge is 0.252 e. The number of nitrogens with one attached hydrogen (secondary N) is 1. The first-order chi connectivity index (χ1) is 13.5. The zero-order chi connectivity index (χ0) is 19.7. The molecule has 3 aromatic rings. The summed E-state index contributed by atoms with van der Waals surface area (Å²) in [4.78, 5) is 29.2. The van der Waals surface area contributed by atoms with Crippen molar-refractivity contribution in [1.82, 2.24) is 24.5 Å². The molecule has 0 radical (unpaired) electrons. The number of nitrogens with zero attached hydrogens (tertiary/aromatic N) is 4. The monoisotopic (exact) mass is 399 g/mol. The van der Waals surface area contributed by atoms with Crippen LogP contribution in [-0.4, -0.2) is 61.4 Å². The molecule has 0 saturated carbocycles. The minimum Gasteiger partial charge on any atom is -0.372 e. The quantitative estimate of drug-likeness (QED) is 0.673. The summed E-state index contributed by atoms with van der Waals surface area (Å²) in [5.41, 5.74) is 1.32. The number of H-pyrrole nitrogens is 1. The number of hydrogen-bond donors (Lipinski definition) is 1. The van der Waals surface area contributed by atoms with E-state index in [0.717, 1.165) is 5.56 Å². The highest BCUT2D eigenvalue weighted by molar-refractivity contribution is 7.99. The SMILES string of the molecule is C[C@@H]1CN(C(=O)CSc2nnc3[nH]c(=O)cc(-c4ccccc4)n23)C[C@H](C)O1. The molecular formula is C19H21N5O3S. The number of carbonyl (C=O) groups excluding carboxylic acids is 1. The van der Waals surface area contributed by atoms with Crippen LogP contribution in [0.25, 0.3) is 17.0 Å². The Morgan fingerprint density at radius 1 is 1.21 bits per heavy atom. The Morgan fingerprint density at radius 2 is 1.93 bits per heavy atom. The zero-order valence-corrected chi connectivity index (χ0v) is 16.5. The maximum Gasteiger partial charge on any atom is 0.252 e. The molecule has 9 heteroatoms. The van der Waals surface area contributed by atoms with Crippen molar-refractivity contribution >= 4 is 23.4 Å². The van der Waals surface area contributed by atoms with Crippen LogP contribution < -0.4 is 5.56 Å². The maximum absolute atomic E-state index is 12.7. The van der Waals surface area contributed by atoms with Crippen molar-refractivity contribution in [3.8, 4) is 11.3 Å². The van der Waals surface area contributed by atoms with Gasteiger partial charge in [-0.15, -0.1) is 10.2 Å². The van der Waals surface area contributed by atoms with Crippen LogP contribution in [0.4, 0.5) is 0 Å². The highest BCUT2D eigenvalue weighted by Gasteiger charge is 2.26. The third kappa shape index (κ3) is 3.81. The summed E-state index contributed by atoms with van der Waals surface area (Å²) in [7, 11) is 0. The third-order valence-corrected chi connectivity index (χ3v) is 5.46. The van der Waals surface area contributed by atoms with Crippen LogP contribution in [0.2, 0.25) is 0 Å². The molecule has 3 heterocycles. The largest absolute Gasteiger partial charge is 0.372 e. The lowest BCUT2D eigenvalue weighted by atomic mass is 10.1. The van der Waals surface area contributed by atoms with E-state index in [1.165, 1.54) is 17.8 Å². The van der Waals surface area contributed by atoms with Gasteiger partial charge in [-0.1, -0.05) is 42.1 Å². The molecule has 1 aliphatic rings. The van der Waals surface area contributed by atoms with Gasteiger partial charge in [-0.3, -0.25) is 19.0 Å². The summed E-state index contributed by atoms with van der Waals surface area (Å²) < 4.78 is 7.47. The van der Waals surface area contributed by atoms with E-state index >= 15 is 0 Å². The highest BCUT2D eigenvalue weighted by atomic mass is 32.2. The van der Waals surface area contributed by atoms with Crippen molar-refractivity contribution in [2.75, 3.05) is 18.8 Å². The van der Waals surface area contributed by atoms with Crippen LogP contribution in [0.15, 0.2) is 46.3 Å². The van der Waals surface area contributed by atoms with Gasteiger partial charge in [-0.25, -0.2) is 0 Å². The standard InChI is InChI=1S/C19H21N5O3S/c1-12-9-23(10-13(2)27-12)17(26)11-28-19-22-21-18-20-16(25)8-15(24(18)19)14-6-4-3-5-7-14/h3-8,12-13H,9-11H2,1-2H3,(H,20,21,25)/t12-,13+. The summed E-state index contributed by atoms with van der Waals surface area (Å²) in [6.07, 6.45) is 0.0581. The maximum atomic E-state index is 12.7. The van der Waals surface area contributed by atoms with Crippen molar-refractivity contribution in [3.63, 3.8) is 0 Å². The molecule has 1 aromatic carbocycles. The second-order valence-corrected chi connectivity index (χ2v) is 7.81. The fourth-order valence-corrected chi connectivity index (χ4v) is 4.26. The topological polar surface area (TPSA) is 92.6 Å². The van der Waals surface area contributed by atoms with Crippen LogP contribution in [0.3, 0.4) is 0 Å². The number of aromatic amines is 1. The molecule has 4 rings (SSSR count). The molecule has 1 N–H and O–H groups in total. The van der Waals surface area contributed by atoms with E-state index in [0.29, 0.717) is 29.7 Å². The number of amides is 1.